The second kappa shape index (κ2) is 5.81. The van der Waals surface area contributed by atoms with Crippen LogP contribution in [-0.2, 0) is 18.4 Å². The van der Waals surface area contributed by atoms with Crippen LogP contribution in [0.5, 0.6) is 5.75 Å². The van der Waals surface area contributed by atoms with Crippen molar-refractivity contribution in [1.29, 1.82) is 0 Å². The zero-order chi connectivity index (χ0) is 13.7. The van der Waals surface area contributed by atoms with E-state index in [1.54, 1.807) is 29.2 Å². The number of ether oxygens (including phenoxy) is 1. The molecule has 0 saturated carbocycles. The zero-order valence-electron chi connectivity index (χ0n) is 10.4. The molecular formula is C13H13N3O3. The van der Waals surface area contributed by atoms with Gasteiger partial charge in [0.05, 0.1) is 18.1 Å². The van der Waals surface area contributed by atoms with Crippen molar-refractivity contribution in [3.63, 3.8) is 0 Å². The number of aromatic nitrogens is 3. The molecule has 0 unspecified atom stereocenters. The Balaban J connectivity index is 1.93. The molecule has 0 saturated heterocycles. The number of nitrogens with zero attached hydrogens (tertiary/aromatic N) is 3. The lowest BCUT2D eigenvalue weighted by molar-refractivity contribution is -0.131. The molecule has 0 aliphatic rings. The average Bonchev–Trinajstić information content (AvgIpc) is 2.81. The molecule has 0 aliphatic carbocycles. The molecule has 0 amide bonds. The molecule has 0 atom stereocenters. The fraction of sp³-hybridized carbons (Fsp3) is 0.154. The molecule has 0 spiro atoms. The maximum absolute atomic E-state index is 10.4. The quantitative estimate of drug-likeness (QED) is 0.823. The van der Waals surface area contributed by atoms with Gasteiger partial charge in [0.2, 0.25) is 0 Å². The van der Waals surface area contributed by atoms with E-state index in [2.05, 4.69) is 10.1 Å². The number of carboxylic acids is 1. The minimum Gasteiger partial charge on any atom is -0.487 e. The second-order valence-corrected chi connectivity index (χ2v) is 3.90. The summed E-state index contributed by atoms with van der Waals surface area (Å²) in [5.41, 5.74) is 1.54. The summed E-state index contributed by atoms with van der Waals surface area (Å²) >= 11 is 0. The summed E-state index contributed by atoms with van der Waals surface area (Å²) in [7, 11) is 1.84. The van der Waals surface area contributed by atoms with Gasteiger partial charge in [-0.3, -0.25) is 9.67 Å². The van der Waals surface area contributed by atoms with Crippen molar-refractivity contribution >= 4 is 12.0 Å². The molecule has 2 aromatic rings. The van der Waals surface area contributed by atoms with E-state index in [4.69, 9.17) is 9.84 Å². The molecule has 0 radical (unpaired) electrons. The Morgan fingerprint density at radius 2 is 2.32 bits per heavy atom. The highest BCUT2D eigenvalue weighted by Crippen LogP contribution is 2.12. The molecule has 6 heteroatoms. The summed E-state index contributed by atoms with van der Waals surface area (Å²) < 4.78 is 7.23. The summed E-state index contributed by atoms with van der Waals surface area (Å²) in [6, 6.07) is 3.43. The van der Waals surface area contributed by atoms with Crippen LogP contribution >= 0.6 is 0 Å². The first-order valence-electron chi connectivity index (χ1n) is 5.61. The molecular weight excluding hydrogens is 246 g/mol. The fourth-order valence-corrected chi connectivity index (χ4v) is 1.45. The highest BCUT2D eigenvalue weighted by Gasteiger charge is 1.99. The normalized spacial score (nSPS) is 10.8. The Morgan fingerprint density at radius 1 is 1.47 bits per heavy atom. The fourth-order valence-electron chi connectivity index (χ4n) is 1.45. The first-order chi connectivity index (χ1) is 9.13. The number of hydrogen-bond donors (Lipinski definition) is 1. The van der Waals surface area contributed by atoms with Crippen LogP contribution in [0.2, 0.25) is 0 Å². The Morgan fingerprint density at radius 3 is 2.89 bits per heavy atom. The first-order valence-corrected chi connectivity index (χ1v) is 5.61. The van der Waals surface area contributed by atoms with Crippen LogP contribution in [-0.4, -0.2) is 25.8 Å². The zero-order valence-corrected chi connectivity index (χ0v) is 10.4. The summed E-state index contributed by atoms with van der Waals surface area (Å²) in [6.07, 6.45) is 7.62. The minimum atomic E-state index is -1.00. The van der Waals surface area contributed by atoms with Crippen LogP contribution in [0, 0.1) is 0 Å². The van der Waals surface area contributed by atoms with E-state index in [9.17, 15) is 4.79 Å². The van der Waals surface area contributed by atoms with E-state index in [1.165, 1.54) is 6.08 Å². The molecule has 98 valence electrons. The minimum absolute atomic E-state index is 0.416. The van der Waals surface area contributed by atoms with Crippen LogP contribution in [0.15, 0.2) is 36.8 Å². The number of carboxylic acid groups (broad SMARTS) is 1. The van der Waals surface area contributed by atoms with E-state index in [1.807, 2.05) is 13.2 Å². The Labute approximate surface area is 110 Å². The molecule has 1 N–H and O–H groups in total. The molecule has 19 heavy (non-hydrogen) atoms. The van der Waals surface area contributed by atoms with Crippen LogP contribution < -0.4 is 4.74 Å². The van der Waals surface area contributed by atoms with Crippen molar-refractivity contribution in [3.05, 3.63) is 48.1 Å². The van der Waals surface area contributed by atoms with E-state index in [0.29, 0.717) is 18.1 Å². The third kappa shape index (κ3) is 3.95. The number of hydrogen-bond acceptors (Lipinski definition) is 4. The molecule has 0 aliphatic heterocycles. The number of carbonyl (C=O) groups is 1. The van der Waals surface area contributed by atoms with Gasteiger partial charge in [0.1, 0.15) is 12.4 Å². The molecule has 0 aromatic carbocycles. The van der Waals surface area contributed by atoms with E-state index in [0.717, 1.165) is 11.6 Å². The number of rotatable bonds is 5. The summed E-state index contributed by atoms with van der Waals surface area (Å²) in [4.78, 5) is 14.4. The van der Waals surface area contributed by atoms with E-state index in [-0.39, 0.29) is 0 Å². The lowest BCUT2D eigenvalue weighted by Crippen LogP contribution is -1.95. The van der Waals surface area contributed by atoms with Gasteiger partial charge in [-0.2, -0.15) is 5.10 Å². The SMILES string of the molecule is Cn1cc(COc2ccc(C=CC(=O)O)nc2)cn1. The predicted molar refractivity (Wildman–Crippen MR) is 68.4 cm³/mol. The summed E-state index contributed by atoms with van der Waals surface area (Å²) in [6.45, 7) is 0.416. The maximum Gasteiger partial charge on any atom is 0.328 e. The van der Waals surface area contributed by atoms with Gasteiger partial charge in [0.25, 0.3) is 0 Å². The van der Waals surface area contributed by atoms with E-state index >= 15 is 0 Å². The van der Waals surface area contributed by atoms with Crippen LogP contribution in [0.25, 0.3) is 6.08 Å². The van der Waals surface area contributed by atoms with Gasteiger partial charge in [0.15, 0.2) is 0 Å². The summed E-state index contributed by atoms with van der Waals surface area (Å²) in [5.74, 6) is -0.380. The molecule has 0 bridgehead atoms. The molecule has 2 heterocycles. The lowest BCUT2D eigenvalue weighted by atomic mass is 10.3. The Hall–Kier alpha value is -2.63. The highest BCUT2D eigenvalue weighted by atomic mass is 16.5. The maximum atomic E-state index is 10.4. The number of aryl methyl sites for hydroxylation is 1. The first kappa shape index (κ1) is 12.8. The standard InChI is InChI=1S/C13H13N3O3/c1-16-8-10(6-15-16)9-19-12-4-2-11(14-7-12)3-5-13(17)18/h2-8H,9H2,1H3,(H,17,18). The third-order valence-electron chi connectivity index (χ3n) is 2.32. The van der Waals surface area contributed by atoms with Gasteiger partial charge in [-0.25, -0.2) is 4.79 Å². The van der Waals surface area contributed by atoms with Crippen molar-refractivity contribution in [2.45, 2.75) is 6.61 Å². The highest BCUT2D eigenvalue weighted by molar-refractivity contribution is 5.84. The predicted octanol–water partition coefficient (Wildman–Crippen LogP) is 1.49. The Bertz CT molecular complexity index is 587. The number of pyridine rings is 1. The molecule has 2 aromatic heterocycles. The summed E-state index contributed by atoms with van der Waals surface area (Å²) in [5, 5.41) is 12.5. The molecule has 0 fully saturated rings. The van der Waals surface area contributed by atoms with Crippen molar-refractivity contribution in [1.82, 2.24) is 14.8 Å². The van der Waals surface area contributed by atoms with Gasteiger partial charge in [-0.05, 0) is 18.2 Å². The van der Waals surface area contributed by atoms with Gasteiger partial charge in [0, 0.05) is 24.9 Å². The average molecular weight is 259 g/mol. The van der Waals surface area contributed by atoms with Gasteiger partial charge in [-0.15, -0.1) is 0 Å². The van der Waals surface area contributed by atoms with Crippen molar-refractivity contribution in [2.75, 3.05) is 0 Å². The molecule has 2 rings (SSSR count). The third-order valence-corrected chi connectivity index (χ3v) is 2.32. The lowest BCUT2D eigenvalue weighted by Gasteiger charge is -2.03. The smallest absolute Gasteiger partial charge is 0.328 e. The largest absolute Gasteiger partial charge is 0.487 e. The topological polar surface area (TPSA) is 77.2 Å². The molecule has 6 nitrogen and oxygen atoms in total. The van der Waals surface area contributed by atoms with Gasteiger partial charge in [-0.1, -0.05) is 0 Å². The van der Waals surface area contributed by atoms with Gasteiger partial charge < -0.3 is 9.84 Å². The van der Waals surface area contributed by atoms with Crippen molar-refractivity contribution in [2.24, 2.45) is 7.05 Å². The van der Waals surface area contributed by atoms with Crippen LogP contribution in [0.4, 0.5) is 0 Å². The van der Waals surface area contributed by atoms with Gasteiger partial charge >= 0.3 is 5.97 Å². The van der Waals surface area contributed by atoms with Crippen LogP contribution in [0.3, 0.4) is 0 Å². The van der Waals surface area contributed by atoms with Crippen molar-refractivity contribution < 1.29 is 14.6 Å². The van der Waals surface area contributed by atoms with E-state index < -0.39 is 5.97 Å². The van der Waals surface area contributed by atoms with Crippen LogP contribution in [0.1, 0.15) is 11.3 Å². The Kier molecular flexibility index (Phi) is 3.92. The number of aliphatic carboxylic acids is 1. The monoisotopic (exact) mass is 259 g/mol. The second-order valence-electron chi connectivity index (χ2n) is 3.90. The van der Waals surface area contributed by atoms with Crippen molar-refractivity contribution in [3.8, 4) is 5.75 Å².